The van der Waals surface area contributed by atoms with Crippen molar-refractivity contribution in [2.75, 3.05) is 13.1 Å². The number of carbonyl (C=O) groups excluding carboxylic acids is 2. The van der Waals surface area contributed by atoms with E-state index in [2.05, 4.69) is 5.32 Å². The van der Waals surface area contributed by atoms with E-state index in [-0.39, 0.29) is 23.7 Å². The molecule has 1 N–H and O–H groups in total. The Balaban J connectivity index is 1.57. The molecule has 0 aliphatic carbocycles. The monoisotopic (exact) mass is 394 g/mol. The lowest BCUT2D eigenvalue weighted by Crippen LogP contribution is -2.46. The van der Waals surface area contributed by atoms with E-state index in [1.807, 2.05) is 0 Å². The summed E-state index contributed by atoms with van der Waals surface area (Å²) < 4.78 is 12.9. The lowest BCUT2D eigenvalue weighted by atomic mass is 10.0. The zero-order valence-corrected chi connectivity index (χ0v) is 15.4. The summed E-state index contributed by atoms with van der Waals surface area (Å²) in [7, 11) is 0. The smallest absolute Gasteiger partial charge is 0.255 e. The molecular weight excluding hydrogens is 378 g/mol. The summed E-state index contributed by atoms with van der Waals surface area (Å²) in [5, 5.41) is 3.75. The first kappa shape index (κ1) is 18.7. The molecule has 26 heavy (non-hydrogen) atoms. The summed E-state index contributed by atoms with van der Waals surface area (Å²) in [5.41, 5.74) is 0.795. The summed E-state index contributed by atoms with van der Waals surface area (Å²) in [6, 6.07) is 10.2. The van der Waals surface area contributed by atoms with Gasteiger partial charge in [0.25, 0.3) is 11.8 Å². The SMILES string of the molecule is O=C(NC1CCN(C(=O)c2cc(Cl)ccc2Cl)CC1)c1ccc(F)cc1. The van der Waals surface area contributed by atoms with Gasteiger partial charge in [0.05, 0.1) is 10.6 Å². The molecule has 0 spiro atoms. The van der Waals surface area contributed by atoms with Crippen molar-refractivity contribution in [3.8, 4) is 0 Å². The molecule has 1 heterocycles. The van der Waals surface area contributed by atoms with Crippen LogP contribution in [0.4, 0.5) is 4.39 Å². The van der Waals surface area contributed by atoms with Crippen molar-refractivity contribution in [2.24, 2.45) is 0 Å². The van der Waals surface area contributed by atoms with Crippen LogP contribution in [0.2, 0.25) is 10.0 Å². The Morgan fingerprint density at radius 3 is 2.35 bits per heavy atom. The molecular formula is C19H17Cl2FN2O2. The van der Waals surface area contributed by atoms with Crippen LogP contribution in [0.1, 0.15) is 33.6 Å². The second-order valence-corrected chi connectivity index (χ2v) is 7.01. The van der Waals surface area contributed by atoms with Gasteiger partial charge in [0, 0.05) is 29.7 Å². The van der Waals surface area contributed by atoms with E-state index in [9.17, 15) is 14.0 Å². The molecule has 136 valence electrons. The van der Waals surface area contributed by atoms with Crippen LogP contribution in [0.25, 0.3) is 0 Å². The maximum absolute atomic E-state index is 12.9. The third-order valence-corrected chi connectivity index (χ3v) is 4.95. The fourth-order valence-corrected chi connectivity index (χ4v) is 3.30. The van der Waals surface area contributed by atoms with Gasteiger partial charge >= 0.3 is 0 Å². The topological polar surface area (TPSA) is 49.4 Å². The lowest BCUT2D eigenvalue weighted by molar-refractivity contribution is 0.0698. The minimum Gasteiger partial charge on any atom is -0.349 e. The summed E-state index contributed by atoms with van der Waals surface area (Å²) >= 11 is 12.0. The lowest BCUT2D eigenvalue weighted by Gasteiger charge is -2.32. The van der Waals surface area contributed by atoms with Crippen LogP contribution in [-0.2, 0) is 0 Å². The second kappa shape index (κ2) is 8.06. The first-order valence-electron chi connectivity index (χ1n) is 8.25. The van der Waals surface area contributed by atoms with Crippen LogP contribution in [0, 0.1) is 5.82 Å². The largest absolute Gasteiger partial charge is 0.349 e. The summed E-state index contributed by atoms with van der Waals surface area (Å²) in [4.78, 5) is 26.5. The van der Waals surface area contributed by atoms with Gasteiger partial charge in [-0.15, -0.1) is 0 Å². The van der Waals surface area contributed by atoms with Gasteiger partial charge < -0.3 is 10.2 Å². The number of hydrogen-bond donors (Lipinski definition) is 1. The minimum atomic E-state index is -0.381. The highest BCUT2D eigenvalue weighted by atomic mass is 35.5. The number of nitrogens with one attached hydrogen (secondary N) is 1. The number of rotatable bonds is 3. The van der Waals surface area contributed by atoms with Gasteiger partial charge in [0.2, 0.25) is 0 Å². The van der Waals surface area contributed by atoms with Gasteiger partial charge in [-0.25, -0.2) is 4.39 Å². The quantitative estimate of drug-likeness (QED) is 0.848. The summed E-state index contributed by atoms with van der Waals surface area (Å²) in [6.45, 7) is 1.02. The predicted octanol–water partition coefficient (Wildman–Crippen LogP) is 4.17. The molecule has 2 amide bonds. The fourth-order valence-electron chi connectivity index (χ4n) is 2.93. The molecule has 1 aliphatic rings. The van der Waals surface area contributed by atoms with Crippen LogP contribution >= 0.6 is 23.2 Å². The van der Waals surface area contributed by atoms with Gasteiger partial charge in [-0.05, 0) is 55.3 Å². The maximum Gasteiger partial charge on any atom is 0.255 e. The molecule has 1 aliphatic heterocycles. The van der Waals surface area contributed by atoms with E-state index in [0.717, 1.165) is 0 Å². The van der Waals surface area contributed by atoms with E-state index >= 15 is 0 Å². The van der Waals surface area contributed by atoms with Crippen LogP contribution in [-0.4, -0.2) is 35.8 Å². The highest BCUT2D eigenvalue weighted by molar-refractivity contribution is 6.35. The van der Waals surface area contributed by atoms with E-state index in [1.54, 1.807) is 23.1 Å². The molecule has 0 unspecified atom stereocenters. The van der Waals surface area contributed by atoms with Crippen molar-refractivity contribution >= 4 is 35.0 Å². The average molecular weight is 395 g/mol. The highest BCUT2D eigenvalue weighted by Crippen LogP contribution is 2.23. The number of piperidine rings is 1. The number of hydrogen-bond acceptors (Lipinski definition) is 2. The third-order valence-electron chi connectivity index (χ3n) is 4.38. The Morgan fingerprint density at radius 2 is 1.69 bits per heavy atom. The van der Waals surface area contributed by atoms with Gasteiger partial charge in [-0.1, -0.05) is 23.2 Å². The Labute approximate surface area is 160 Å². The molecule has 7 heteroatoms. The molecule has 0 radical (unpaired) electrons. The van der Waals surface area contributed by atoms with Gasteiger partial charge in [-0.3, -0.25) is 9.59 Å². The molecule has 2 aromatic carbocycles. The van der Waals surface area contributed by atoms with Gasteiger partial charge in [0.15, 0.2) is 0 Å². The molecule has 0 aromatic heterocycles. The van der Waals surface area contributed by atoms with E-state index in [1.165, 1.54) is 24.3 Å². The van der Waals surface area contributed by atoms with Crippen molar-refractivity contribution in [3.63, 3.8) is 0 Å². The molecule has 1 saturated heterocycles. The Hall–Kier alpha value is -2.11. The predicted molar refractivity (Wildman–Crippen MR) is 99.3 cm³/mol. The Bertz CT molecular complexity index is 819. The second-order valence-electron chi connectivity index (χ2n) is 6.17. The molecule has 1 fully saturated rings. The van der Waals surface area contributed by atoms with Crippen molar-refractivity contribution in [3.05, 3.63) is 69.5 Å². The molecule has 0 saturated carbocycles. The molecule has 4 nitrogen and oxygen atoms in total. The van der Waals surface area contributed by atoms with Crippen molar-refractivity contribution in [1.29, 1.82) is 0 Å². The van der Waals surface area contributed by atoms with Gasteiger partial charge in [-0.2, -0.15) is 0 Å². The van der Waals surface area contributed by atoms with Crippen LogP contribution in [0.3, 0.4) is 0 Å². The number of amides is 2. The molecule has 0 atom stereocenters. The first-order chi connectivity index (χ1) is 12.4. The van der Waals surface area contributed by atoms with Crippen molar-refractivity contribution in [1.82, 2.24) is 10.2 Å². The van der Waals surface area contributed by atoms with Crippen LogP contribution in [0.5, 0.6) is 0 Å². The Morgan fingerprint density at radius 1 is 1.04 bits per heavy atom. The maximum atomic E-state index is 12.9. The minimum absolute atomic E-state index is 0.0357. The van der Waals surface area contributed by atoms with Gasteiger partial charge in [0.1, 0.15) is 5.82 Å². The molecule has 2 aromatic rings. The van der Waals surface area contributed by atoms with Crippen LogP contribution < -0.4 is 5.32 Å². The summed E-state index contributed by atoms with van der Waals surface area (Å²) in [6.07, 6.45) is 1.27. The standard InChI is InChI=1S/C19H17Cl2FN2O2/c20-13-3-6-17(21)16(11-13)19(26)24-9-7-15(8-10-24)23-18(25)12-1-4-14(22)5-2-12/h1-6,11,15H,7-10H2,(H,23,25). The van der Waals surface area contributed by atoms with E-state index in [4.69, 9.17) is 23.2 Å². The first-order valence-corrected chi connectivity index (χ1v) is 9.00. The third kappa shape index (κ3) is 4.34. The summed E-state index contributed by atoms with van der Waals surface area (Å²) in [5.74, 6) is -0.790. The fraction of sp³-hybridized carbons (Fsp3) is 0.263. The zero-order valence-electron chi connectivity index (χ0n) is 13.8. The van der Waals surface area contributed by atoms with E-state index < -0.39 is 0 Å². The average Bonchev–Trinajstić information content (AvgIpc) is 2.64. The van der Waals surface area contributed by atoms with Crippen molar-refractivity contribution < 1.29 is 14.0 Å². The number of likely N-dealkylation sites (tertiary alicyclic amines) is 1. The normalized spacial score (nSPS) is 15.0. The number of halogens is 3. The number of carbonyl (C=O) groups is 2. The van der Waals surface area contributed by atoms with E-state index in [0.29, 0.717) is 47.1 Å². The molecule has 0 bridgehead atoms. The Kier molecular flexibility index (Phi) is 5.79. The van der Waals surface area contributed by atoms with Crippen molar-refractivity contribution in [2.45, 2.75) is 18.9 Å². The number of benzene rings is 2. The van der Waals surface area contributed by atoms with Crippen LogP contribution in [0.15, 0.2) is 42.5 Å². The highest BCUT2D eigenvalue weighted by Gasteiger charge is 2.26. The number of nitrogens with zero attached hydrogens (tertiary/aromatic N) is 1. The molecule has 3 rings (SSSR count). The zero-order chi connectivity index (χ0) is 18.7.